The van der Waals surface area contributed by atoms with Crippen LogP contribution in [-0.4, -0.2) is 31.3 Å². The third-order valence-corrected chi connectivity index (χ3v) is 6.11. The number of fused-ring (bicyclic) bond motifs is 1. The first-order chi connectivity index (χ1) is 15.8. The van der Waals surface area contributed by atoms with Crippen molar-refractivity contribution in [3.8, 4) is 28.9 Å². The van der Waals surface area contributed by atoms with E-state index in [-0.39, 0.29) is 0 Å². The summed E-state index contributed by atoms with van der Waals surface area (Å²) in [5.74, 6) is 2.10. The molecule has 156 valence electrons. The molecule has 5 aromatic rings. The number of nitrogens with zero attached hydrogens (tertiary/aromatic N) is 6. The van der Waals surface area contributed by atoms with Crippen LogP contribution in [0.4, 0.5) is 0 Å². The van der Waals surface area contributed by atoms with Crippen LogP contribution >= 0.6 is 11.8 Å². The fourth-order valence-corrected chi connectivity index (χ4v) is 4.50. The van der Waals surface area contributed by atoms with Gasteiger partial charge in [-0.1, -0.05) is 17.8 Å². The number of methoxy groups -OCH3 is 1. The quantitative estimate of drug-likeness (QED) is 0.356. The number of hydrogen-bond acceptors (Lipinski definition) is 6. The topological polar surface area (TPSA) is 81.0 Å². The maximum absolute atomic E-state index is 9.71. The van der Waals surface area contributed by atoms with Crippen molar-refractivity contribution in [3.05, 3.63) is 90.5 Å². The minimum atomic E-state index is 0.592. The maximum Gasteiger partial charge on any atom is 0.196 e. The van der Waals surface area contributed by atoms with E-state index < -0.39 is 0 Å². The SMILES string of the molecule is COc1ccc(-n2c(SCc3cn4ccccc4c3C#N)nnc2-c2ccncc2)cc1. The molecule has 4 aromatic heterocycles. The molecule has 0 fully saturated rings. The lowest BCUT2D eigenvalue weighted by molar-refractivity contribution is 0.414. The lowest BCUT2D eigenvalue weighted by Gasteiger charge is -2.11. The average molecular weight is 439 g/mol. The van der Waals surface area contributed by atoms with Crippen molar-refractivity contribution in [2.24, 2.45) is 0 Å². The highest BCUT2D eigenvalue weighted by atomic mass is 32.2. The minimum absolute atomic E-state index is 0.592. The summed E-state index contributed by atoms with van der Waals surface area (Å²) < 4.78 is 9.30. The van der Waals surface area contributed by atoms with Gasteiger partial charge in [-0.3, -0.25) is 9.55 Å². The van der Waals surface area contributed by atoms with E-state index >= 15 is 0 Å². The Hall–Kier alpha value is -4.09. The first-order valence-corrected chi connectivity index (χ1v) is 10.9. The summed E-state index contributed by atoms with van der Waals surface area (Å²) in [6.45, 7) is 0. The van der Waals surface area contributed by atoms with Gasteiger partial charge in [0.05, 0.1) is 18.2 Å². The van der Waals surface area contributed by atoms with E-state index in [4.69, 9.17) is 4.74 Å². The molecule has 8 heteroatoms. The summed E-state index contributed by atoms with van der Waals surface area (Å²) in [4.78, 5) is 4.11. The third kappa shape index (κ3) is 3.59. The lowest BCUT2D eigenvalue weighted by atomic mass is 10.2. The van der Waals surface area contributed by atoms with Crippen LogP contribution in [0, 0.1) is 11.3 Å². The molecule has 0 spiro atoms. The molecule has 0 aliphatic heterocycles. The molecular formula is C24H18N6OS. The first kappa shape index (κ1) is 19.8. The summed E-state index contributed by atoms with van der Waals surface area (Å²) in [6, 6.07) is 19.8. The van der Waals surface area contributed by atoms with Crippen molar-refractivity contribution in [3.63, 3.8) is 0 Å². The highest BCUT2D eigenvalue weighted by Crippen LogP contribution is 2.31. The van der Waals surface area contributed by atoms with Gasteiger partial charge in [0.1, 0.15) is 11.8 Å². The summed E-state index contributed by atoms with van der Waals surface area (Å²) >= 11 is 1.54. The number of thioether (sulfide) groups is 1. The van der Waals surface area contributed by atoms with Crippen LogP contribution in [0.5, 0.6) is 5.75 Å². The Morgan fingerprint density at radius 1 is 1.03 bits per heavy atom. The van der Waals surface area contributed by atoms with Crippen molar-refractivity contribution in [2.75, 3.05) is 7.11 Å². The van der Waals surface area contributed by atoms with Crippen molar-refractivity contribution in [2.45, 2.75) is 10.9 Å². The van der Waals surface area contributed by atoms with Gasteiger partial charge in [0.2, 0.25) is 0 Å². The largest absolute Gasteiger partial charge is 0.497 e. The number of aromatic nitrogens is 5. The second-order valence-electron chi connectivity index (χ2n) is 7.00. The van der Waals surface area contributed by atoms with Crippen LogP contribution in [0.1, 0.15) is 11.1 Å². The zero-order valence-corrected chi connectivity index (χ0v) is 18.0. The molecule has 4 heterocycles. The van der Waals surface area contributed by atoms with Crippen LogP contribution in [0.3, 0.4) is 0 Å². The number of nitriles is 1. The van der Waals surface area contributed by atoms with Gasteiger partial charge in [-0.05, 0) is 54.1 Å². The van der Waals surface area contributed by atoms with E-state index in [0.29, 0.717) is 11.3 Å². The molecule has 1 aromatic carbocycles. The zero-order chi connectivity index (χ0) is 21.9. The molecule has 0 aliphatic rings. The molecule has 0 saturated heterocycles. The van der Waals surface area contributed by atoms with Gasteiger partial charge in [0.25, 0.3) is 0 Å². The van der Waals surface area contributed by atoms with Crippen LogP contribution < -0.4 is 4.74 Å². The van der Waals surface area contributed by atoms with Crippen LogP contribution in [0.2, 0.25) is 0 Å². The molecular weight excluding hydrogens is 420 g/mol. The molecule has 0 atom stereocenters. The van der Waals surface area contributed by atoms with E-state index in [1.54, 1.807) is 31.3 Å². The molecule has 0 saturated carbocycles. The van der Waals surface area contributed by atoms with Gasteiger partial charge in [-0.25, -0.2) is 0 Å². The monoisotopic (exact) mass is 438 g/mol. The average Bonchev–Trinajstić information content (AvgIpc) is 3.44. The van der Waals surface area contributed by atoms with Crippen molar-refractivity contribution < 1.29 is 4.74 Å². The van der Waals surface area contributed by atoms with Crippen LogP contribution in [-0.2, 0) is 5.75 Å². The Morgan fingerprint density at radius 2 is 1.84 bits per heavy atom. The second-order valence-corrected chi connectivity index (χ2v) is 7.94. The van der Waals surface area contributed by atoms with Crippen molar-refractivity contribution in [1.82, 2.24) is 24.1 Å². The fraction of sp³-hybridized carbons (Fsp3) is 0.0833. The van der Waals surface area contributed by atoms with E-state index in [9.17, 15) is 5.26 Å². The number of rotatable bonds is 6. The van der Waals surface area contributed by atoms with Crippen LogP contribution in [0.15, 0.2) is 84.5 Å². The minimum Gasteiger partial charge on any atom is -0.497 e. The molecule has 5 rings (SSSR count). The Labute approximate surface area is 188 Å². The van der Waals surface area contributed by atoms with E-state index in [1.807, 2.05) is 76.0 Å². The zero-order valence-electron chi connectivity index (χ0n) is 17.2. The van der Waals surface area contributed by atoms with Crippen molar-refractivity contribution in [1.29, 1.82) is 5.26 Å². The summed E-state index contributed by atoms with van der Waals surface area (Å²) in [6.07, 6.45) is 7.42. The molecule has 0 unspecified atom stereocenters. The number of hydrogen-bond donors (Lipinski definition) is 0. The van der Waals surface area contributed by atoms with Gasteiger partial charge in [0, 0.05) is 41.8 Å². The molecule has 32 heavy (non-hydrogen) atoms. The molecule has 0 radical (unpaired) electrons. The Balaban J connectivity index is 1.54. The van der Waals surface area contributed by atoms with E-state index in [0.717, 1.165) is 39.1 Å². The first-order valence-electron chi connectivity index (χ1n) is 9.90. The number of ether oxygens (including phenoxy) is 1. The van der Waals surface area contributed by atoms with Crippen molar-refractivity contribution >= 4 is 17.3 Å². The number of pyridine rings is 2. The van der Waals surface area contributed by atoms with Gasteiger partial charge < -0.3 is 9.14 Å². The molecule has 0 bridgehead atoms. The third-order valence-electron chi connectivity index (χ3n) is 5.13. The molecule has 7 nitrogen and oxygen atoms in total. The van der Waals surface area contributed by atoms with E-state index in [1.165, 1.54) is 0 Å². The summed E-state index contributed by atoms with van der Waals surface area (Å²) in [5, 5.41) is 19.4. The smallest absolute Gasteiger partial charge is 0.196 e. The fourth-order valence-electron chi connectivity index (χ4n) is 3.57. The normalized spacial score (nSPS) is 10.9. The maximum atomic E-state index is 9.71. The lowest BCUT2D eigenvalue weighted by Crippen LogP contribution is -2.00. The molecule has 0 amide bonds. The second kappa shape index (κ2) is 8.57. The highest BCUT2D eigenvalue weighted by molar-refractivity contribution is 7.98. The Bertz CT molecular complexity index is 1420. The van der Waals surface area contributed by atoms with Crippen LogP contribution in [0.25, 0.3) is 22.6 Å². The Morgan fingerprint density at radius 3 is 2.59 bits per heavy atom. The standard InChI is InChI=1S/C24H18N6OS/c1-31-20-7-5-19(6-8-20)30-23(17-9-11-26-12-10-17)27-28-24(30)32-16-18-15-29-13-3-2-4-22(29)21(18)14-25/h2-13,15H,16H2,1H3. The van der Waals surface area contributed by atoms with Gasteiger partial charge >= 0.3 is 0 Å². The van der Waals surface area contributed by atoms with E-state index in [2.05, 4.69) is 21.3 Å². The Kier molecular flexibility index (Phi) is 5.32. The summed E-state index contributed by atoms with van der Waals surface area (Å²) in [7, 11) is 1.64. The predicted octanol–water partition coefficient (Wildman–Crippen LogP) is 4.75. The van der Waals surface area contributed by atoms with Gasteiger partial charge in [-0.15, -0.1) is 10.2 Å². The predicted molar refractivity (Wildman–Crippen MR) is 123 cm³/mol. The number of benzene rings is 1. The summed E-state index contributed by atoms with van der Waals surface area (Å²) in [5.41, 5.74) is 4.39. The highest BCUT2D eigenvalue weighted by Gasteiger charge is 2.18. The van der Waals surface area contributed by atoms with Gasteiger partial charge in [-0.2, -0.15) is 5.26 Å². The van der Waals surface area contributed by atoms with Gasteiger partial charge in [0.15, 0.2) is 11.0 Å². The molecule has 0 aliphatic carbocycles. The molecule has 0 N–H and O–H groups in total.